The van der Waals surface area contributed by atoms with E-state index >= 15 is 0 Å². The van der Waals surface area contributed by atoms with E-state index in [2.05, 4.69) is 10.5 Å². The van der Waals surface area contributed by atoms with Crippen molar-refractivity contribution in [3.05, 3.63) is 29.3 Å². The first-order chi connectivity index (χ1) is 7.28. The van der Waals surface area contributed by atoms with Crippen molar-refractivity contribution < 1.29 is 5.21 Å². The zero-order valence-electron chi connectivity index (χ0n) is 8.28. The molecule has 3 nitrogen and oxygen atoms in total. The van der Waals surface area contributed by atoms with Crippen LogP contribution in [0.3, 0.4) is 0 Å². The van der Waals surface area contributed by atoms with Crippen molar-refractivity contribution in [3.8, 4) is 0 Å². The first kappa shape index (κ1) is 10.3. The number of rotatable bonds is 3. The van der Waals surface area contributed by atoms with Gasteiger partial charge in [-0.05, 0) is 37.0 Å². The summed E-state index contributed by atoms with van der Waals surface area (Å²) in [5.74, 6) is 1.29. The highest BCUT2D eigenvalue weighted by molar-refractivity contribution is 6.30. The summed E-state index contributed by atoms with van der Waals surface area (Å²) < 4.78 is 0. The second-order valence-electron chi connectivity index (χ2n) is 3.83. The van der Waals surface area contributed by atoms with Gasteiger partial charge in [-0.1, -0.05) is 22.8 Å². The van der Waals surface area contributed by atoms with Crippen LogP contribution in [0.5, 0.6) is 0 Å². The van der Waals surface area contributed by atoms with Crippen LogP contribution in [0.1, 0.15) is 19.3 Å². The third-order valence-corrected chi connectivity index (χ3v) is 2.65. The molecule has 1 saturated carbocycles. The Balaban J connectivity index is 1.99. The fourth-order valence-corrected chi connectivity index (χ4v) is 1.64. The van der Waals surface area contributed by atoms with Gasteiger partial charge in [0.15, 0.2) is 0 Å². The molecule has 0 bridgehead atoms. The third kappa shape index (κ3) is 3.13. The number of oxime groups is 1. The Morgan fingerprint density at radius 3 is 2.93 bits per heavy atom. The maximum atomic E-state index is 8.83. The van der Waals surface area contributed by atoms with Crippen LogP contribution in [-0.4, -0.2) is 11.0 Å². The Morgan fingerprint density at radius 2 is 2.33 bits per heavy atom. The van der Waals surface area contributed by atoms with Crippen molar-refractivity contribution in [2.24, 2.45) is 11.1 Å². The topological polar surface area (TPSA) is 44.6 Å². The maximum absolute atomic E-state index is 8.83. The average Bonchev–Trinajstić information content (AvgIpc) is 3.01. The van der Waals surface area contributed by atoms with Gasteiger partial charge >= 0.3 is 0 Å². The van der Waals surface area contributed by atoms with Gasteiger partial charge in [0.25, 0.3) is 0 Å². The molecule has 0 radical (unpaired) electrons. The number of nitrogens with one attached hydrogen (secondary N) is 1. The van der Waals surface area contributed by atoms with Gasteiger partial charge in [0.05, 0.1) is 0 Å². The van der Waals surface area contributed by atoms with Crippen molar-refractivity contribution in [1.29, 1.82) is 0 Å². The third-order valence-electron chi connectivity index (χ3n) is 2.41. The average molecular weight is 225 g/mol. The SMILES string of the molecule is O/N=C(/CC1CC1)Nc1cccc(Cl)c1. The molecule has 0 spiro atoms. The van der Waals surface area contributed by atoms with Gasteiger partial charge in [-0.25, -0.2) is 0 Å². The molecular weight excluding hydrogens is 212 g/mol. The van der Waals surface area contributed by atoms with E-state index in [4.69, 9.17) is 16.8 Å². The van der Waals surface area contributed by atoms with E-state index in [0.29, 0.717) is 16.8 Å². The number of nitrogens with zero attached hydrogens (tertiary/aromatic N) is 1. The van der Waals surface area contributed by atoms with Crippen LogP contribution in [0.25, 0.3) is 0 Å². The minimum atomic E-state index is 0.611. The van der Waals surface area contributed by atoms with Gasteiger partial charge < -0.3 is 10.5 Å². The molecule has 2 N–H and O–H groups in total. The van der Waals surface area contributed by atoms with Crippen molar-refractivity contribution in [3.63, 3.8) is 0 Å². The standard InChI is InChI=1S/C11H13ClN2O/c12-9-2-1-3-10(7-9)13-11(14-15)6-8-4-5-8/h1-3,7-8,15H,4-6H2,(H,13,14). The molecule has 0 atom stereocenters. The zero-order chi connectivity index (χ0) is 10.7. The molecular formula is C11H13ClN2O. The Morgan fingerprint density at radius 1 is 1.53 bits per heavy atom. The number of hydrogen-bond donors (Lipinski definition) is 2. The summed E-state index contributed by atoms with van der Waals surface area (Å²) in [4.78, 5) is 0. The van der Waals surface area contributed by atoms with Crippen molar-refractivity contribution >= 4 is 23.1 Å². The largest absolute Gasteiger partial charge is 0.409 e. The van der Waals surface area contributed by atoms with Gasteiger partial charge in [-0.2, -0.15) is 0 Å². The lowest BCUT2D eigenvalue weighted by molar-refractivity contribution is 0.317. The second kappa shape index (κ2) is 4.53. The normalized spacial score (nSPS) is 16.5. The lowest BCUT2D eigenvalue weighted by Crippen LogP contribution is -2.12. The van der Waals surface area contributed by atoms with Crippen LogP contribution in [0.2, 0.25) is 5.02 Å². The van der Waals surface area contributed by atoms with Crippen LogP contribution < -0.4 is 5.32 Å². The Bertz CT molecular complexity index is 375. The van der Waals surface area contributed by atoms with Gasteiger partial charge in [-0.3, -0.25) is 0 Å². The molecule has 1 aliphatic carbocycles. The molecule has 0 amide bonds. The van der Waals surface area contributed by atoms with E-state index in [-0.39, 0.29) is 0 Å². The second-order valence-corrected chi connectivity index (χ2v) is 4.27. The van der Waals surface area contributed by atoms with E-state index in [9.17, 15) is 0 Å². The highest BCUT2D eigenvalue weighted by Crippen LogP contribution is 2.32. The summed E-state index contributed by atoms with van der Waals surface area (Å²) in [6.45, 7) is 0. The number of benzene rings is 1. The molecule has 0 aromatic heterocycles. The van der Waals surface area contributed by atoms with Crippen LogP contribution in [0, 0.1) is 5.92 Å². The predicted octanol–water partition coefficient (Wildman–Crippen LogP) is 3.34. The number of halogens is 1. The molecule has 0 aliphatic heterocycles. The van der Waals surface area contributed by atoms with Gasteiger partial charge in [0, 0.05) is 17.1 Å². The maximum Gasteiger partial charge on any atom is 0.146 e. The fourth-order valence-electron chi connectivity index (χ4n) is 1.45. The van der Waals surface area contributed by atoms with Crippen LogP contribution in [-0.2, 0) is 0 Å². The molecule has 0 heterocycles. The minimum Gasteiger partial charge on any atom is -0.409 e. The van der Waals surface area contributed by atoms with Gasteiger partial charge in [0.1, 0.15) is 5.84 Å². The van der Waals surface area contributed by atoms with Gasteiger partial charge in [-0.15, -0.1) is 0 Å². The molecule has 4 heteroatoms. The molecule has 1 aromatic rings. The van der Waals surface area contributed by atoms with E-state index in [1.165, 1.54) is 12.8 Å². The summed E-state index contributed by atoms with van der Waals surface area (Å²) in [7, 11) is 0. The van der Waals surface area contributed by atoms with Crippen molar-refractivity contribution in [2.45, 2.75) is 19.3 Å². The predicted molar refractivity (Wildman–Crippen MR) is 61.6 cm³/mol. The summed E-state index contributed by atoms with van der Waals surface area (Å²) in [5, 5.41) is 15.8. The first-order valence-electron chi connectivity index (χ1n) is 5.01. The highest BCUT2D eigenvalue weighted by Gasteiger charge is 2.23. The molecule has 0 unspecified atom stereocenters. The highest BCUT2D eigenvalue weighted by atomic mass is 35.5. The molecule has 2 rings (SSSR count). The first-order valence-corrected chi connectivity index (χ1v) is 5.39. The van der Waals surface area contributed by atoms with Crippen LogP contribution in [0.15, 0.2) is 29.4 Å². The summed E-state index contributed by atoms with van der Waals surface area (Å²) >= 11 is 5.85. The zero-order valence-corrected chi connectivity index (χ0v) is 9.04. The molecule has 1 fully saturated rings. The smallest absolute Gasteiger partial charge is 0.146 e. The minimum absolute atomic E-state index is 0.611. The summed E-state index contributed by atoms with van der Waals surface area (Å²) in [6, 6.07) is 7.36. The van der Waals surface area contributed by atoms with E-state index in [1.54, 1.807) is 6.07 Å². The Labute approximate surface area is 93.7 Å². The van der Waals surface area contributed by atoms with Crippen LogP contribution >= 0.6 is 11.6 Å². The monoisotopic (exact) mass is 224 g/mol. The lowest BCUT2D eigenvalue weighted by Gasteiger charge is -2.07. The molecule has 1 aromatic carbocycles. The van der Waals surface area contributed by atoms with E-state index in [1.807, 2.05) is 18.2 Å². The quantitative estimate of drug-likeness (QED) is 0.358. The summed E-state index contributed by atoms with van der Waals surface area (Å²) in [5.41, 5.74) is 0.857. The Hall–Kier alpha value is -1.22. The number of hydrogen-bond acceptors (Lipinski definition) is 2. The van der Waals surface area contributed by atoms with Gasteiger partial charge in [0.2, 0.25) is 0 Å². The van der Waals surface area contributed by atoms with E-state index < -0.39 is 0 Å². The Kier molecular flexibility index (Phi) is 3.11. The van der Waals surface area contributed by atoms with Crippen LogP contribution in [0.4, 0.5) is 5.69 Å². The number of anilines is 1. The molecule has 80 valence electrons. The van der Waals surface area contributed by atoms with Crippen molar-refractivity contribution in [1.82, 2.24) is 0 Å². The summed E-state index contributed by atoms with van der Waals surface area (Å²) in [6.07, 6.45) is 3.27. The van der Waals surface area contributed by atoms with E-state index in [0.717, 1.165) is 12.1 Å². The number of amidine groups is 1. The fraction of sp³-hybridized carbons (Fsp3) is 0.364. The lowest BCUT2D eigenvalue weighted by atomic mass is 10.2. The molecule has 0 saturated heterocycles. The van der Waals surface area contributed by atoms with Crippen molar-refractivity contribution in [2.75, 3.05) is 5.32 Å². The molecule has 15 heavy (non-hydrogen) atoms. The molecule has 1 aliphatic rings.